The molecule has 20 heavy (non-hydrogen) atoms. The zero-order valence-electron chi connectivity index (χ0n) is 11.2. The van der Waals surface area contributed by atoms with Gasteiger partial charge in [-0.25, -0.2) is 4.39 Å². The van der Waals surface area contributed by atoms with Crippen LogP contribution < -0.4 is 0 Å². The van der Waals surface area contributed by atoms with Crippen LogP contribution in [0.3, 0.4) is 0 Å². The molecular weight excluding hydrogens is 249 g/mol. The Morgan fingerprint density at radius 1 is 0.850 bits per heavy atom. The number of rotatable bonds is 2. The molecule has 0 N–H and O–H groups in total. The minimum absolute atomic E-state index is 0.207. The van der Waals surface area contributed by atoms with Crippen LogP contribution in [-0.2, 0) is 0 Å². The van der Waals surface area contributed by atoms with Gasteiger partial charge < -0.3 is 0 Å². The van der Waals surface area contributed by atoms with E-state index in [-0.39, 0.29) is 5.82 Å². The molecule has 0 saturated carbocycles. The van der Waals surface area contributed by atoms with Crippen LogP contribution in [0.4, 0.5) is 4.39 Å². The molecular formula is C18H14FN. The van der Waals surface area contributed by atoms with Crippen molar-refractivity contribution in [2.45, 2.75) is 6.92 Å². The first kappa shape index (κ1) is 12.5. The Morgan fingerprint density at radius 2 is 1.65 bits per heavy atom. The summed E-state index contributed by atoms with van der Waals surface area (Å²) in [5.41, 5.74) is 4.49. The molecule has 2 aromatic carbocycles. The lowest BCUT2D eigenvalue weighted by Crippen LogP contribution is -1.87. The van der Waals surface area contributed by atoms with E-state index in [1.807, 2.05) is 55.6 Å². The third-order valence-electron chi connectivity index (χ3n) is 3.25. The van der Waals surface area contributed by atoms with E-state index in [1.54, 1.807) is 12.1 Å². The molecule has 0 saturated heterocycles. The molecule has 1 aromatic heterocycles. The van der Waals surface area contributed by atoms with Crippen LogP contribution >= 0.6 is 0 Å². The van der Waals surface area contributed by atoms with Gasteiger partial charge in [0.05, 0.1) is 5.69 Å². The Labute approximate surface area is 117 Å². The monoisotopic (exact) mass is 263 g/mol. The van der Waals surface area contributed by atoms with Gasteiger partial charge in [0, 0.05) is 17.3 Å². The number of benzene rings is 2. The second-order valence-corrected chi connectivity index (χ2v) is 4.78. The second-order valence-electron chi connectivity index (χ2n) is 4.78. The smallest absolute Gasteiger partial charge is 0.131 e. The van der Waals surface area contributed by atoms with Gasteiger partial charge in [-0.3, -0.25) is 4.98 Å². The van der Waals surface area contributed by atoms with Gasteiger partial charge in [-0.1, -0.05) is 42.5 Å². The molecule has 3 rings (SSSR count). The molecule has 0 fully saturated rings. The van der Waals surface area contributed by atoms with Gasteiger partial charge in [0.2, 0.25) is 0 Å². The number of hydrogen-bond acceptors (Lipinski definition) is 1. The molecule has 0 aliphatic carbocycles. The minimum Gasteiger partial charge on any atom is -0.256 e. The van der Waals surface area contributed by atoms with Crippen molar-refractivity contribution in [1.82, 2.24) is 4.98 Å². The molecule has 0 radical (unpaired) electrons. The number of pyridine rings is 1. The average molecular weight is 263 g/mol. The van der Waals surface area contributed by atoms with Crippen LogP contribution in [0.15, 0.2) is 66.9 Å². The van der Waals surface area contributed by atoms with E-state index < -0.39 is 0 Å². The van der Waals surface area contributed by atoms with Gasteiger partial charge >= 0.3 is 0 Å². The Balaban J connectivity index is 2.06. The molecule has 0 unspecified atom stereocenters. The molecule has 0 amide bonds. The third kappa shape index (κ3) is 2.45. The van der Waals surface area contributed by atoms with Gasteiger partial charge in [0.25, 0.3) is 0 Å². The summed E-state index contributed by atoms with van der Waals surface area (Å²) < 4.78 is 13.8. The standard InChI is InChI=1S/C18H14FN/c1-13-9-10-18(20-12-13)15-6-4-5-14(11-15)16-7-2-3-8-17(16)19/h2-12H,1H3. The van der Waals surface area contributed by atoms with Crippen LogP contribution in [0, 0.1) is 12.7 Å². The Kier molecular flexibility index (Phi) is 3.30. The van der Waals surface area contributed by atoms with Gasteiger partial charge in [0.1, 0.15) is 5.82 Å². The second kappa shape index (κ2) is 5.25. The summed E-state index contributed by atoms with van der Waals surface area (Å²) in [6, 6.07) is 18.6. The first-order valence-electron chi connectivity index (χ1n) is 6.52. The summed E-state index contributed by atoms with van der Waals surface area (Å²) in [5.74, 6) is -0.207. The fourth-order valence-corrected chi connectivity index (χ4v) is 2.18. The Bertz CT molecular complexity index is 732. The molecule has 0 bridgehead atoms. The number of aromatic nitrogens is 1. The van der Waals surface area contributed by atoms with Crippen molar-refractivity contribution in [3.05, 3.63) is 78.2 Å². The number of aryl methyl sites for hydroxylation is 1. The lowest BCUT2D eigenvalue weighted by Gasteiger charge is -2.06. The highest BCUT2D eigenvalue weighted by atomic mass is 19.1. The SMILES string of the molecule is Cc1ccc(-c2cccc(-c3ccccc3F)c2)nc1. The molecule has 1 heterocycles. The van der Waals surface area contributed by atoms with Crippen LogP contribution in [0.25, 0.3) is 22.4 Å². The van der Waals surface area contributed by atoms with Gasteiger partial charge in [-0.15, -0.1) is 0 Å². The normalized spacial score (nSPS) is 10.5. The Morgan fingerprint density at radius 3 is 2.40 bits per heavy atom. The third-order valence-corrected chi connectivity index (χ3v) is 3.25. The van der Waals surface area contributed by atoms with E-state index in [2.05, 4.69) is 4.98 Å². The van der Waals surface area contributed by atoms with E-state index in [9.17, 15) is 4.39 Å². The van der Waals surface area contributed by atoms with Crippen molar-refractivity contribution < 1.29 is 4.39 Å². The van der Waals surface area contributed by atoms with E-state index in [0.717, 1.165) is 22.4 Å². The van der Waals surface area contributed by atoms with Crippen molar-refractivity contribution in [2.75, 3.05) is 0 Å². The van der Waals surface area contributed by atoms with E-state index in [1.165, 1.54) is 6.07 Å². The maximum Gasteiger partial charge on any atom is 0.131 e. The van der Waals surface area contributed by atoms with E-state index in [4.69, 9.17) is 0 Å². The minimum atomic E-state index is -0.207. The van der Waals surface area contributed by atoms with E-state index >= 15 is 0 Å². The summed E-state index contributed by atoms with van der Waals surface area (Å²) in [7, 11) is 0. The largest absolute Gasteiger partial charge is 0.256 e. The average Bonchev–Trinajstić information content (AvgIpc) is 2.49. The van der Waals surface area contributed by atoms with Gasteiger partial charge in [-0.05, 0) is 36.2 Å². The number of halogens is 1. The molecule has 0 atom stereocenters. The predicted molar refractivity (Wildman–Crippen MR) is 79.8 cm³/mol. The highest BCUT2D eigenvalue weighted by Crippen LogP contribution is 2.27. The number of hydrogen-bond donors (Lipinski definition) is 0. The lowest BCUT2D eigenvalue weighted by atomic mass is 10.0. The maximum atomic E-state index is 13.8. The van der Waals surface area contributed by atoms with Crippen LogP contribution in [0.2, 0.25) is 0 Å². The van der Waals surface area contributed by atoms with Crippen LogP contribution in [0.1, 0.15) is 5.56 Å². The summed E-state index contributed by atoms with van der Waals surface area (Å²) in [6.45, 7) is 2.01. The molecule has 0 aliphatic rings. The van der Waals surface area contributed by atoms with Crippen molar-refractivity contribution in [1.29, 1.82) is 0 Å². The van der Waals surface area contributed by atoms with Crippen LogP contribution in [0.5, 0.6) is 0 Å². The summed E-state index contributed by atoms with van der Waals surface area (Å²) in [6.07, 6.45) is 1.84. The predicted octanol–water partition coefficient (Wildman–Crippen LogP) is 4.86. The van der Waals surface area contributed by atoms with Crippen molar-refractivity contribution in [2.24, 2.45) is 0 Å². The molecule has 2 heteroatoms. The van der Waals surface area contributed by atoms with Crippen molar-refractivity contribution in [3.63, 3.8) is 0 Å². The van der Waals surface area contributed by atoms with Crippen molar-refractivity contribution >= 4 is 0 Å². The fraction of sp³-hybridized carbons (Fsp3) is 0.0556. The summed E-state index contributed by atoms with van der Waals surface area (Å²) >= 11 is 0. The van der Waals surface area contributed by atoms with Crippen LogP contribution in [-0.4, -0.2) is 4.98 Å². The zero-order valence-corrected chi connectivity index (χ0v) is 11.2. The molecule has 1 nitrogen and oxygen atoms in total. The fourth-order valence-electron chi connectivity index (χ4n) is 2.18. The number of nitrogens with zero attached hydrogens (tertiary/aromatic N) is 1. The molecule has 0 aliphatic heterocycles. The first-order valence-corrected chi connectivity index (χ1v) is 6.52. The zero-order chi connectivity index (χ0) is 13.9. The van der Waals surface area contributed by atoms with Gasteiger partial charge in [-0.2, -0.15) is 0 Å². The highest BCUT2D eigenvalue weighted by Gasteiger charge is 2.06. The maximum absolute atomic E-state index is 13.8. The van der Waals surface area contributed by atoms with Gasteiger partial charge in [0.15, 0.2) is 0 Å². The summed E-state index contributed by atoms with van der Waals surface area (Å²) in [5, 5.41) is 0. The first-order chi connectivity index (χ1) is 9.74. The van der Waals surface area contributed by atoms with E-state index in [0.29, 0.717) is 5.56 Å². The highest BCUT2D eigenvalue weighted by molar-refractivity contribution is 5.71. The lowest BCUT2D eigenvalue weighted by molar-refractivity contribution is 0.631. The Hall–Kier alpha value is -2.48. The molecule has 3 aromatic rings. The summed E-state index contributed by atoms with van der Waals surface area (Å²) in [4.78, 5) is 4.41. The topological polar surface area (TPSA) is 12.9 Å². The molecule has 98 valence electrons. The molecule has 0 spiro atoms. The van der Waals surface area contributed by atoms with Crippen molar-refractivity contribution in [3.8, 4) is 22.4 Å². The quantitative estimate of drug-likeness (QED) is 0.643.